The highest BCUT2D eigenvalue weighted by Gasteiger charge is 2.68. The number of hydrogen-bond acceptors (Lipinski definition) is 4. The minimum atomic E-state index is -1.45. The molecule has 0 radical (unpaired) electrons. The molecule has 4 rings (SSSR count). The first-order valence-electron chi connectivity index (χ1n) is 11.9. The van der Waals surface area contributed by atoms with Crippen LogP contribution in [0, 0.1) is 29.1 Å². The lowest BCUT2D eigenvalue weighted by molar-refractivity contribution is -0.148. The number of hydrogen-bond donors (Lipinski definition) is 3. The van der Waals surface area contributed by atoms with E-state index >= 15 is 0 Å². The lowest BCUT2D eigenvalue weighted by Gasteiger charge is -2.48. The highest BCUT2D eigenvalue weighted by atomic mass is 16.3. The number of nitrogens with one attached hydrogen (secondary N) is 1. The molecule has 1 amide bonds. The van der Waals surface area contributed by atoms with Crippen molar-refractivity contribution in [1.82, 2.24) is 5.32 Å². The number of allylic oxidation sites excluding steroid dienone is 2. The van der Waals surface area contributed by atoms with Crippen LogP contribution in [0.1, 0.15) is 39.2 Å². The Hall–Kier alpha value is -2.50. The smallest absolute Gasteiger partial charge is 0.235 e. The highest BCUT2D eigenvalue weighted by Crippen LogP contribution is 2.56. The van der Waals surface area contributed by atoms with E-state index in [0.717, 1.165) is 5.56 Å². The summed E-state index contributed by atoms with van der Waals surface area (Å²) in [6.45, 7) is 9.86. The average molecular weight is 450 g/mol. The Morgan fingerprint density at radius 1 is 1.18 bits per heavy atom. The number of ketones is 1. The molecule has 1 aliphatic heterocycles. The third-order valence-corrected chi connectivity index (χ3v) is 7.96. The van der Waals surface area contributed by atoms with Crippen LogP contribution in [0.4, 0.5) is 0 Å². The van der Waals surface area contributed by atoms with Crippen molar-refractivity contribution in [3.8, 4) is 0 Å². The molecule has 0 unspecified atom stereocenters. The third kappa shape index (κ3) is 4.02. The largest absolute Gasteiger partial charge is 0.388 e. The summed E-state index contributed by atoms with van der Waals surface area (Å²) in [6.07, 6.45) is 7.48. The zero-order valence-electron chi connectivity index (χ0n) is 19.7. The van der Waals surface area contributed by atoms with Gasteiger partial charge in [0.15, 0.2) is 5.78 Å². The van der Waals surface area contributed by atoms with Gasteiger partial charge >= 0.3 is 0 Å². The van der Waals surface area contributed by atoms with Crippen LogP contribution in [0.25, 0.3) is 0 Å². The van der Waals surface area contributed by atoms with Crippen LogP contribution >= 0.6 is 0 Å². The molecule has 8 atom stereocenters. The summed E-state index contributed by atoms with van der Waals surface area (Å²) in [6, 6.07) is 9.64. The number of benzene rings is 1. The zero-order chi connectivity index (χ0) is 24.0. The molecule has 1 aromatic carbocycles. The van der Waals surface area contributed by atoms with Gasteiger partial charge in [-0.3, -0.25) is 9.59 Å². The van der Waals surface area contributed by atoms with Crippen LogP contribution in [0.5, 0.6) is 0 Å². The van der Waals surface area contributed by atoms with E-state index in [2.05, 4.69) is 11.9 Å². The Balaban J connectivity index is 1.86. The molecular weight excluding hydrogens is 414 g/mol. The maximum Gasteiger partial charge on any atom is 0.235 e. The normalized spacial score (nSPS) is 41.2. The second-order valence-corrected chi connectivity index (χ2v) is 10.5. The van der Waals surface area contributed by atoms with Gasteiger partial charge in [-0.2, -0.15) is 0 Å². The van der Waals surface area contributed by atoms with E-state index in [1.807, 2.05) is 56.3 Å². The van der Waals surface area contributed by atoms with Crippen LogP contribution in [-0.4, -0.2) is 39.7 Å². The molecule has 5 heteroatoms. The molecular formula is C28H35NO4. The van der Waals surface area contributed by atoms with Crippen LogP contribution < -0.4 is 5.32 Å². The maximum absolute atomic E-state index is 13.9. The molecule has 5 nitrogen and oxygen atoms in total. The summed E-state index contributed by atoms with van der Waals surface area (Å²) in [5.74, 6) is -1.84. The Morgan fingerprint density at radius 2 is 1.88 bits per heavy atom. The topological polar surface area (TPSA) is 86.6 Å². The average Bonchev–Trinajstić information content (AvgIpc) is 3.04. The number of aliphatic hydroxyl groups is 2. The Morgan fingerprint density at radius 3 is 2.58 bits per heavy atom. The minimum Gasteiger partial charge on any atom is -0.388 e. The molecule has 1 saturated heterocycles. The molecule has 0 aromatic heterocycles. The van der Waals surface area contributed by atoms with E-state index in [1.165, 1.54) is 12.2 Å². The van der Waals surface area contributed by atoms with E-state index in [1.54, 1.807) is 6.92 Å². The van der Waals surface area contributed by atoms with Crippen molar-refractivity contribution >= 4 is 11.7 Å². The third-order valence-electron chi connectivity index (χ3n) is 7.96. The predicted molar refractivity (Wildman–Crippen MR) is 128 cm³/mol. The number of aliphatic hydroxyl groups excluding tert-OH is 1. The summed E-state index contributed by atoms with van der Waals surface area (Å²) in [5, 5.41) is 25.2. The minimum absolute atomic E-state index is 0.173. The van der Waals surface area contributed by atoms with Crippen molar-refractivity contribution < 1.29 is 19.8 Å². The van der Waals surface area contributed by atoms with Gasteiger partial charge in [-0.05, 0) is 61.3 Å². The fourth-order valence-corrected chi connectivity index (χ4v) is 6.39. The summed E-state index contributed by atoms with van der Waals surface area (Å²) in [5.41, 5.74) is -0.870. The lowest BCUT2D eigenvalue weighted by Crippen LogP contribution is -2.58. The first kappa shape index (κ1) is 23.7. The van der Waals surface area contributed by atoms with Gasteiger partial charge in [0.05, 0.1) is 11.7 Å². The molecule has 176 valence electrons. The number of rotatable bonds is 2. The number of amides is 1. The van der Waals surface area contributed by atoms with Gasteiger partial charge in [-0.1, -0.05) is 62.9 Å². The molecule has 3 N–H and O–H groups in total. The van der Waals surface area contributed by atoms with Crippen molar-refractivity contribution in [2.45, 2.75) is 57.8 Å². The second-order valence-electron chi connectivity index (χ2n) is 10.5. The maximum atomic E-state index is 13.9. The molecule has 1 aromatic rings. The zero-order valence-corrected chi connectivity index (χ0v) is 19.7. The highest BCUT2D eigenvalue weighted by molar-refractivity contribution is 6.13. The molecule has 33 heavy (non-hydrogen) atoms. The Labute approximate surface area is 196 Å². The van der Waals surface area contributed by atoms with E-state index in [0.29, 0.717) is 24.8 Å². The van der Waals surface area contributed by atoms with Crippen molar-refractivity contribution in [1.29, 1.82) is 0 Å². The van der Waals surface area contributed by atoms with Crippen LogP contribution in [0.15, 0.2) is 66.8 Å². The first-order valence-corrected chi connectivity index (χ1v) is 11.9. The quantitative estimate of drug-likeness (QED) is 0.477. The molecule has 0 bridgehead atoms. The molecule has 1 heterocycles. The number of carbonyl (C=O) groups excluding carboxylic acids is 2. The first-order chi connectivity index (χ1) is 15.6. The van der Waals surface area contributed by atoms with Gasteiger partial charge in [-0.15, -0.1) is 0 Å². The monoisotopic (exact) mass is 449 g/mol. The summed E-state index contributed by atoms with van der Waals surface area (Å²) < 4.78 is 0. The molecule has 2 aliphatic carbocycles. The van der Waals surface area contributed by atoms with Crippen molar-refractivity contribution in [2.75, 3.05) is 0 Å². The van der Waals surface area contributed by atoms with Crippen molar-refractivity contribution in [2.24, 2.45) is 29.1 Å². The summed E-state index contributed by atoms with van der Waals surface area (Å²) in [4.78, 5) is 27.7. The summed E-state index contributed by atoms with van der Waals surface area (Å²) in [7, 11) is 0. The van der Waals surface area contributed by atoms with Gasteiger partial charge in [-0.25, -0.2) is 0 Å². The molecule has 1 saturated carbocycles. The van der Waals surface area contributed by atoms with Crippen molar-refractivity contribution in [3.05, 3.63) is 72.4 Å². The van der Waals surface area contributed by atoms with Crippen LogP contribution in [0.2, 0.25) is 0 Å². The van der Waals surface area contributed by atoms with Gasteiger partial charge in [0.25, 0.3) is 0 Å². The van der Waals surface area contributed by atoms with E-state index in [9.17, 15) is 19.8 Å². The fraction of sp³-hybridized carbons (Fsp3) is 0.500. The van der Waals surface area contributed by atoms with Crippen molar-refractivity contribution in [3.63, 3.8) is 0 Å². The lowest BCUT2D eigenvalue weighted by atomic mass is 9.52. The molecule has 1 spiro atoms. The van der Waals surface area contributed by atoms with Crippen LogP contribution in [-0.2, 0) is 16.0 Å². The van der Waals surface area contributed by atoms with E-state index in [4.69, 9.17) is 0 Å². The predicted octanol–water partition coefficient (Wildman–Crippen LogP) is 3.38. The van der Waals surface area contributed by atoms with Gasteiger partial charge in [0.2, 0.25) is 5.91 Å². The van der Waals surface area contributed by atoms with Gasteiger partial charge in [0, 0.05) is 17.9 Å². The van der Waals surface area contributed by atoms with Crippen LogP contribution in [0.3, 0.4) is 0 Å². The summed E-state index contributed by atoms with van der Waals surface area (Å²) >= 11 is 0. The standard InChI is InChI=1S/C28H35NO4/c1-17-9-8-12-21-25(31)19(3)18(2)24-22(15-20-10-6-5-7-11-20)29-26(32)28(21,24)23(30)13-14-27(4,33)16-17/h5-8,10-14,17-18,21-22,24-25,31,33H,3,9,15-16H2,1-2,4H3,(H,29,32)/t17-,18-,21-,22-,24-,25+,27+,28+/m0/s1. The number of carbonyl (C=O) groups is 2. The fourth-order valence-electron chi connectivity index (χ4n) is 6.39. The Kier molecular flexibility index (Phi) is 6.23. The van der Waals surface area contributed by atoms with Gasteiger partial charge < -0.3 is 15.5 Å². The van der Waals surface area contributed by atoms with Gasteiger partial charge in [0.1, 0.15) is 5.41 Å². The Bertz CT molecular complexity index is 994. The second kappa shape index (κ2) is 8.69. The SMILES string of the molecule is C=C1[C@@H](O)[C@@H]2C=CC[C@H](C)C[C@](C)(O)C=CC(=O)[C@]23C(=O)N[C@@H](Cc2ccccc2)[C@@H]3[C@H]1C. The van der Waals surface area contributed by atoms with E-state index < -0.39 is 23.0 Å². The van der Waals surface area contributed by atoms with E-state index in [-0.39, 0.29) is 35.5 Å². The molecule has 3 aliphatic rings. The molecule has 2 fully saturated rings.